The number of aryl methyl sites for hydroxylation is 4. The van der Waals surface area contributed by atoms with Crippen LogP contribution in [0.25, 0.3) is 0 Å². The molecule has 0 saturated heterocycles. The maximum Gasteiger partial charge on any atom is 0.335 e. The number of benzene rings is 4. The highest BCUT2D eigenvalue weighted by Gasteiger charge is 2.41. The largest absolute Gasteiger partial charge is 0.489 e. The molecule has 1 aliphatic carbocycles. The van der Waals surface area contributed by atoms with Crippen molar-refractivity contribution in [3.8, 4) is 23.0 Å². The van der Waals surface area contributed by atoms with Gasteiger partial charge in [-0.3, -0.25) is 0 Å². The van der Waals surface area contributed by atoms with Gasteiger partial charge in [-0.1, -0.05) is 230 Å². The first-order valence-electron chi connectivity index (χ1n) is 41.6. The van der Waals surface area contributed by atoms with E-state index in [9.17, 15) is 19.2 Å². The Morgan fingerprint density at radius 2 is 0.527 bits per heavy atom. The van der Waals surface area contributed by atoms with Crippen molar-refractivity contribution in [3.63, 3.8) is 0 Å². The number of rotatable bonds is 44. The van der Waals surface area contributed by atoms with Crippen molar-refractivity contribution in [1.29, 1.82) is 0 Å². The predicted octanol–water partition coefficient (Wildman–Crippen LogP) is 22.6. The van der Waals surface area contributed by atoms with Crippen molar-refractivity contribution in [2.75, 3.05) is 72.7 Å². The highest BCUT2D eigenvalue weighted by molar-refractivity contribution is 6.80. The molecule has 0 atom stereocenters. The van der Waals surface area contributed by atoms with Gasteiger partial charge in [0.15, 0.2) is 25.0 Å². The standard InChI is InChI=1S/C93H146O15Si4/c1-29-33-37-70-51-74-59-76-53-71(38-34-30-2)55-78(83(76)99-43-47-103-87(95)67(6)63-106-110(23,24)91(12,13)14)61-80-57-73(40-36-32-4)58-81(85(80)101-45-49-105-89(97)69(8)65-108-112(27,28)93(18,19)20)62-79-56-72(39-35-31-3)54-77(84(79)100-44-48-104-88(96)68(7)64-107-111(25,26)92(15,16)17)60-75(52-70)82(74)98-42-46-102-86(94)66(5)41-50-109(21,22)90(9,10)11/h51-58H,5-8,29-50,59-65H2,1-4,9-28H3. The van der Waals surface area contributed by atoms with Crippen LogP contribution < -0.4 is 18.9 Å². The van der Waals surface area contributed by atoms with E-state index in [4.69, 9.17) is 51.2 Å². The molecule has 0 spiro atoms. The van der Waals surface area contributed by atoms with Crippen LogP contribution in [0, 0.1) is 0 Å². The fourth-order valence-electron chi connectivity index (χ4n) is 12.1. The summed E-state index contributed by atoms with van der Waals surface area (Å²) in [7, 11) is -8.38. The lowest BCUT2D eigenvalue weighted by atomic mass is 9.87. The van der Waals surface area contributed by atoms with Gasteiger partial charge in [-0.15, -0.1) is 0 Å². The van der Waals surface area contributed by atoms with Crippen LogP contribution in [0.4, 0.5) is 0 Å². The number of hydrogen-bond donors (Lipinski definition) is 0. The van der Waals surface area contributed by atoms with Gasteiger partial charge in [0, 0.05) is 31.3 Å². The van der Waals surface area contributed by atoms with Gasteiger partial charge in [0.2, 0.25) is 0 Å². The van der Waals surface area contributed by atoms with E-state index in [1.165, 1.54) is 0 Å². The van der Waals surface area contributed by atoms with Crippen LogP contribution in [0.3, 0.4) is 0 Å². The summed E-state index contributed by atoms with van der Waals surface area (Å²) in [6, 6.07) is 19.0. The molecule has 0 aliphatic heterocycles. The zero-order valence-corrected chi connectivity index (χ0v) is 78.1. The minimum absolute atomic E-state index is 0.0158. The summed E-state index contributed by atoms with van der Waals surface area (Å²) in [6.45, 7) is 69.4. The number of fused-ring (bicyclic) bond motifs is 8. The van der Waals surface area contributed by atoms with Gasteiger partial charge >= 0.3 is 23.9 Å². The van der Waals surface area contributed by atoms with Crippen molar-refractivity contribution < 1.29 is 70.4 Å². The fourth-order valence-corrected chi connectivity index (χ4v) is 16.7. The Morgan fingerprint density at radius 1 is 0.321 bits per heavy atom. The molecule has 8 bridgehead atoms. The lowest BCUT2D eigenvalue weighted by Gasteiger charge is -2.37. The van der Waals surface area contributed by atoms with E-state index in [1.807, 2.05) is 0 Å². The van der Waals surface area contributed by atoms with Crippen LogP contribution in [0.15, 0.2) is 97.1 Å². The van der Waals surface area contributed by atoms with Gasteiger partial charge < -0.3 is 51.2 Å². The van der Waals surface area contributed by atoms with E-state index >= 15 is 0 Å². The van der Waals surface area contributed by atoms with Crippen LogP contribution in [-0.4, -0.2) is 130 Å². The average molecular weight is 1620 g/mol. The molecule has 0 fully saturated rings. The molecule has 19 heteroatoms. The monoisotopic (exact) mass is 1610 g/mol. The van der Waals surface area contributed by atoms with E-state index in [2.05, 4.69) is 238 Å². The van der Waals surface area contributed by atoms with E-state index in [0.717, 1.165) is 150 Å². The smallest absolute Gasteiger partial charge is 0.335 e. The first kappa shape index (κ1) is 96.3. The molecule has 0 saturated carbocycles. The molecule has 0 unspecified atom stereocenters. The zero-order chi connectivity index (χ0) is 83.8. The molecule has 0 N–H and O–H groups in total. The van der Waals surface area contributed by atoms with Gasteiger partial charge in [0.1, 0.15) is 75.9 Å². The summed E-state index contributed by atoms with van der Waals surface area (Å²) in [4.78, 5) is 55.4. The predicted molar refractivity (Wildman–Crippen MR) is 470 cm³/mol. The summed E-state index contributed by atoms with van der Waals surface area (Å²) in [5.41, 5.74) is 13.0. The molecule has 5 rings (SSSR count). The molecular weight excluding hydrogens is 1470 g/mol. The Morgan fingerprint density at radius 3 is 0.714 bits per heavy atom. The van der Waals surface area contributed by atoms with E-state index in [-0.39, 0.29) is 110 Å². The second kappa shape index (κ2) is 43.0. The van der Waals surface area contributed by atoms with Crippen molar-refractivity contribution >= 4 is 56.9 Å². The number of carbonyl (C=O) groups excluding carboxylic acids is 4. The number of hydrogen-bond acceptors (Lipinski definition) is 15. The van der Waals surface area contributed by atoms with Crippen LogP contribution >= 0.6 is 0 Å². The highest BCUT2D eigenvalue weighted by Crippen LogP contribution is 2.45. The van der Waals surface area contributed by atoms with Crippen LogP contribution in [0.1, 0.15) is 235 Å². The van der Waals surface area contributed by atoms with Gasteiger partial charge in [-0.2, -0.15) is 0 Å². The molecule has 0 radical (unpaired) electrons. The number of unbranched alkanes of at least 4 members (excludes halogenated alkanes) is 4. The molecule has 0 aromatic heterocycles. The highest BCUT2D eigenvalue weighted by atomic mass is 28.4. The fraction of sp³-hybridized carbons (Fsp3) is 0.613. The van der Waals surface area contributed by atoms with E-state index in [0.29, 0.717) is 60.7 Å². The first-order valence-corrected chi connectivity index (χ1v) is 53.5. The topological polar surface area (TPSA) is 170 Å². The van der Waals surface area contributed by atoms with Crippen molar-refractivity contribution in [3.05, 3.63) is 164 Å². The molecule has 0 heterocycles. The van der Waals surface area contributed by atoms with Gasteiger partial charge in [-0.05, 0) is 184 Å². The van der Waals surface area contributed by atoms with E-state index in [1.54, 1.807) is 0 Å². The molecule has 15 nitrogen and oxygen atoms in total. The zero-order valence-electron chi connectivity index (χ0n) is 74.1. The molecule has 624 valence electrons. The Bertz CT molecular complexity index is 3260. The molecule has 1 aliphatic rings. The summed E-state index contributed by atoms with van der Waals surface area (Å²) < 4.78 is 72.1. The molecule has 112 heavy (non-hydrogen) atoms. The lowest BCUT2D eigenvalue weighted by Crippen LogP contribution is -2.41. The minimum Gasteiger partial charge on any atom is -0.489 e. The lowest BCUT2D eigenvalue weighted by molar-refractivity contribution is -0.141. The van der Waals surface area contributed by atoms with Crippen LogP contribution in [0.5, 0.6) is 23.0 Å². The summed E-state index contributed by atoms with van der Waals surface area (Å²) in [5.74, 6) is 0.525. The Kier molecular flexibility index (Phi) is 37.0. The normalized spacial score (nSPS) is 13.1. The van der Waals surface area contributed by atoms with Gasteiger partial charge in [-0.25, -0.2) is 19.2 Å². The SMILES string of the molecule is C=C(CC[Si](C)(C)C(C)(C)C)C(=O)OCCOc1c2cc(CCCC)cc1Cc1cc(CCCC)cc(c1OCCOC(=O)C(=C)CO[Si](C)(C)C(C)(C)C)Cc1cc(CCCC)cc(c1OCCOC(=O)C(=C)CO[Si](C)(C)C(C)(C)C)Cc1cc(CCCC)cc(c1OCCOC(=O)C(=C)CO[Si](C)(C)C(C)(C)C)C2. The van der Waals surface area contributed by atoms with Crippen molar-refractivity contribution in [1.82, 2.24) is 0 Å². The summed E-state index contributed by atoms with van der Waals surface area (Å²) in [6.07, 6.45) is 12.8. The molecule has 4 aromatic rings. The van der Waals surface area contributed by atoms with Crippen molar-refractivity contribution in [2.45, 2.75) is 299 Å². The van der Waals surface area contributed by atoms with Gasteiger partial charge in [0.25, 0.3) is 0 Å². The summed E-state index contributed by atoms with van der Waals surface area (Å²) in [5, 5.41) is -0.0597. The Hall–Kier alpha value is -6.33. The number of esters is 4. The Balaban J connectivity index is 1.84. The molecular formula is C93H146O15Si4. The molecule has 0 amide bonds. The Labute approximate surface area is 681 Å². The van der Waals surface area contributed by atoms with Crippen molar-refractivity contribution in [2.24, 2.45) is 0 Å². The quantitative estimate of drug-likeness (QED) is 0.0119. The van der Waals surface area contributed by atoms with Gasteiger partial charge in [0.05, 0.1) is 44.6 Å². The number of ether oxygens (including phenoxy) is 8. The third-order valence-corrected chi connectivity index (χ3v) is 42.7. The van der Waals surface area contributed by atoms with Crippen LogP contribution in [-0.2, 0) is 103 Å². The maximum absolute atomic E-state index is 13.9. The number of carbonyl (C=O) groups is 4. The minimum atomic E-state index is -2.22. The third-order valence-electron chi connectivity index (χ3n) is 23.7. The second-order valence-electron chi connectivity index (χ2n) is 37.2. The third kappa shape index (κ3) is 29.1. The van der Waals surface area contributed by atoms with E-state index < -0.39 is 56.9 Å². The molecule has 4 aromatic carbocycles. The maximum atomic E-state index is 13.9. The average Bonchev–Trinajstić information content (AvgIpc) is 0.770. The second-order valence-corrected chi connectivity index (χ2v) is 57.4. The van der Waals surface area contributed by atoms with Crippen LogP contribution in [0.2, 0.25) is 78.6 Å². The summed E-state index contributed by atoms with van der Waals surface area (Å²) >= 11 is 0. The first-order chi connectivity index (χ1) is 52.2.